The van der Waals surface area contributed by atoms with Gasteiger partial charge in [0.1, 0.15) is 11.6 Å². The van der Waals surface area contributed by atoms with E-state index in [9.17, 15) is 13.2 Å². The Morgan fingerprint density at radius 1 is 1.31 bits per heavy atom. The van der Waals surface area contributed by atoms with E-state index in [0.29, 0.717) is 18.1 Å². The standard InChI is InChI=1S/C10H14F3N3/c1-3-14-9-6-7(2)15-8(16-9)4-5-10(11,12)13/h6H,3-5H2,1-2H3,(H,14,15,16). The fourth-order valence-electron chi connectivity index (χ4n) is 1.27. The highest BCUT2D eigenvalue weighted by Gasteiger charge is 2.27. The highest BCUT2D eigenvalue weighted by Crippen LogP contribution is 2.21. The Morgan fingerprint density at radius 2 is 2.00 bits per heavy atom. The molecule has 0 aliphatic rings. The molecule has 6 heteroatoms. The van der Waals surface area contributed by atoms with Crippen LogP contribution in [0.4, 0.5) is 19.0 Å². The van der Waals surface area contributed by atoms with Gasteiger partial charge in [0, 0.05) is 24.7 Å². The normalized spacial score (nSPS) is 11.6. The molecule has 1 rings (SSSR count). The molecule has 0 saturated carbocycles. The zero-order chi connectivity index (χ0) is 12.2. The first kappa shape index (κ1) is 12.7. The molecule has 1 aromatic heterocycles. The second-order valence-corrected chi connectivity index (χ2v) is 3.46. The molecule has 1 N–H and O–H groups in total. The Balaban J connectivity index is 2.72. The summed E-state index contributed by atoms with van der Waals surface area (Å²) in [5.74, 6) is 0.806. The Hall–Kier alpha value is -1.33. The summed E-state index contributed by atoms with van der Waals surface area (Å²) in [6, 6.07) is 1.71. The van der Waals surface area contributed by atoms with E-state index in [2.05, 4.69) is 15.3 Å². The third kappa shape index (κ3) is 4.46. The average molecular weight is 233 g/mol. The maximum atomic E-state index is 12.0. The van der Waals surface area contributed by atoms with Crippen molar-refractivity contribution in [3.63, 3.8) is 0 Å². The summed E-state index contributed by atoms with van der Waals surface area (Å²) in [4.78, 5) is 7.97. The first-order valence-electron chi connectivity index (χ1n) is 5.06. The van der Waals surface area contributed by atoms with Crippen LogP contribution in [-0.2, 0) is 6.42 Å². The number of nitrogens with one attached hydrogen (secondary N) is 1. The van der Waals surface area contributed by atoms with Gasteiger partial charge in [-0.3, -0.25) is 0 Å². The van der Waals surface area contributed by atoms with Crippen molar-refractivity contribution < 1.29 is 13.2 Å². The Bertz CT molecular complexity index is 350. The fraction of sp³-hybridized carbons (Fsp3) is 0.600. The molecule has 0 atom stereocenters. The largest absolute Gasteiger partial charge is 0.389 e. The van der Waals surface area contributed by atoms with E-state index in [0.717, 1.165) is 0 Å². The lowest BCUT2D eigenvalue weighted by Gasteiger charge is -2.08. The number of nitrogens with zero attached hydrogens (tertiary/aromatic N) is 2. The molecular formula is C10H14F3N3. The van der Waals surface area contributed by atoms with Gasteiger partial charge in [-0.05, 0) is 13.8 Å². The molecule has 0 fully saturated rings. The SMILES string of the molecule is CCNc1cc(C)nc(CCC(F)(F)F)n1. The Morgan fingerprint density at radius 3 is 2.56 bits per heavy atom. The quantitative estimate of drug-likeness (QED) is 0.868. The average Bonchev–Trinajstić information content (AvgIpc) is 2.13. The van der Waals surface area contributed by atoms with Crippen LogP contribution in [0.2, 0.25) is 0 Å². The second kappa shape index (κ2) is 5.14. The van der Waals surface area contributed by atoms with Gasteiger partial charge in [-0.15, -0.1) is 0 Å². The number of hydrogen-bond acceptors (Lipinski definition) is 3. The van der Waals surface area contributed by atoms with Crippen LogP contribution in [0, 0.1) is 6.92 Å². The van der Waals surface area contributed by atoms with Crippen molar-refractivity contribution in [1.82, 2.24) is 9.97 Å². The van der Waals surface area contributed by atoms with Gasteiger partial charge in [0.2, 0.25) is 0 Å². The molecule has 3 nitrogen and oxygen atoms in total. The van der Waals surface area contributed by atoms with Crippen molar-refractivity contribution in [2.24, 2.45) is 0 Å². The van der Waals surface area contributed by atoms with E-state index in [1.54, 1.807) is 13.0 Å². The Labute approximate surface area is 92.1 Å². The lowest BCUT2D eigenvalue weighted by Crippen LogP contribution is -2.11. The first-order chi connectivity index (χ1) is 7.40. The van der Waals surface area contributed by atoms with E-state index in [1.165, 1.54) is 0 Å². The van der Waals surface area contributed by atoms with Gasteiger partial charge in [0.15, 0.2) is 0 Å². The van der Waals surface area contributed by atoms with Gasteiger partial charge in [-0.2, -0.15) is 13.2 Å². The van der Waals surface area contributed by atoms with Gasteiger partial charge in [-0.25, -0.2) is 9.97 Å². The molecule has 0 aromatic carbocycles. The minimum Gasteiger partial charge on any atom is -0.370 e. The highest BCUT2D eigenvalue weighted by molar-refractivity contribution is 5.35. The van der Waals surface area contributed by atoms with E-state index in [-0.39, 0.29) is 12.2 Å². The lowest BCUT2D eigenvalue weighted by atomic mass is 10.3. The zero-order valence-electron chi connectivity index (χ0n) is 9.23. The fourth-order valence-corrected chi connectivity index (χ4v) is 1.27. The smallest absolute Gasteiger partial charge is 0.370 e. The van der Waals surface area contributed by atoms with Crippen molar-refractivity contribution in [3.05, 3.63) is 17.6 Å². The highest BCUT2D eigenvalue weighted by atomic mass is 19.4. The number of aromatic nitrogens is 2. The summed E-state index contributed by atoms with van der Waals surface area (Å²) >= 11 is 0. The molecule has 0 aliphatic heterocycles. The predicted molar refractivity (Wildman–Crippen MR) is 55.3 cm³/mol. The topological polar surface area (TPSA) is 37.8 Å². The van der Waals surface area contributed by atoms with Gasteiger partial charge >= 0.3 is 6.18 Å². The summed E-state index contributed by atoms with van der Waals surface area (Å²) in [6.45, 7) is 4.31. The monoisotopic (exact) mass is 233 g/mol. The minimum absolute atomic E-state index is 0.177. The van der Waals surface area contributed by atoms with Crippen LogP contribution in [0.25, 0.3) is 0 Å². The molecule has 90 valence electrons. The number of anilines is 1. The van der Waals surface area contributed by atoms with E-state index >= 15 is 0 Å². The van der Waals surface area contributed by atoms with E-state index in [1.807, 2.05) is 6.92 Å². The van der Waals surface area contributed by atoms with E-state index < -0.39 is 12.6 Å². The molecule has 1 heterocycles. The van der Waals surface area contributed by atoms with Crippen molar-refractivity contribution >= 4 is 5.82 Å². The molecule has 0 amide bonds. The van der Waals surface area contributed by atoms with Crippen molar-refractivity contribution in [2.45, 2.75) is 32.9 Å². The summed E-state index contributed by atoms with van der Waals surface area (Å²) in [7, 11) is 0. The van der Waals surface area contributed by atoms with Crippen LogP contribution >= 0.6 is 0 Å². The minimum atomic E-state index is -4.16. The molecular weight excluding hydrogens is 219 g/mol. The number of aryl methyl sites for hydroxylation is 2. The summed E-state index contributed by atoms with van der Waals surface area (Å²) in [6.07, 6.45) is -5.23. The molecule has 1 aromatic rings. The maximum absolute atomic E-state index is 12.0. The maximum Gasteiger partial charge on any atom is 0.389 e. The Kier molecular flexibility index (Phi) is 4.09. The van der Waals surface area contributed by atoms with Crippen LogP contribution in [0.1, 0.15) is 24.9 Å². The van der Waals surface area contributed by atoms with Crippen LogP contribution in [0.15, 0.2) is 6.07 Å². The number of halogens is 3. The second-order valence-electron chi connectivity index (χ2n) is 3.46. The van der Waals surface area contributed by atoms with Crippen LogP contribution in [0.3, 0.4) is 0 Å². The summed E-state index contributed by atoms with van der Waals surface area (Å²) in [5.41, 5.74) is 0.670. The van der Waals surface area contributed by atoms with Crippen molar-refractivity contribution in [1.29, 1.82) is 0 Å². The molecule has 0 bridgehead atoms. The van der Waals surface area contributed by atoms with Gasteiger partial charge < -0.3 is 5.32 Å². The lowest BCUT2D eigenvalue weighted by molar-refractivity contribution is -0.134. The third-order valence-corrected chi connectivity index (χ3v) is 1.89. The van der Waals surface area contributed by atoms with Gasteiger partial charge in [0.05, 0.1) is 6.42 Å². The summed E-state index contributed by atoms with van der Waals surface area (Å²) < 4.78 is 36.1. The molecule has 0 aliphatic carbocycles. The predicted octanol–water partition coefficient (Wildman–Crippen LogP) is 2.71. The van der Waals surface area contributed by atoms with Crippen LogP contribution in [-0.4, -0.2) is 22.7 Å². The molecule has 16 heavy (non-hydrogen) atoms. The zero-order valence-corrected chi connectivity index (χ0v) is 9.23. The summed E-state index contributed by atoms with van der Waals surface area (Å²) in [5, 5.41) is 2.95. The number of hydrogen-bond donors (Lipinski definition) is 1. The number of alkyl halides is 3. The van der Waals surface area contributed by atoms with Crippen LogP contribution < -0.4 is 5.32 Å². The molecule has 0 spiro atoms. The number of rotatable bonds is 4. The molecule has 0 unspecified atom stereocenters. The molecule has 0 saturated heterocycles. The van der Waals surface area contributed by atoms with Gasteiger partial charge in [-0.1, -0.05) is 0 Å². The van der Waals surface area contributed by atoms with Crippen LogP contribution in [0.5, 0.6) is 0 Å². The third-order valence-electron chi connectivity index (χ3n) is 1.89. The molecule has 0 radical (unpaired) electrons. The van der Waals surface area contributed by atoms with Crippen molar-refractivity contribution in [2.75, 3.05) is 11.9 Å². The first-order valence-corrected chi connectivity index (χ1v) is 5.06. The van der Waals surface area contributed by atoms with E-state index in [4.69, 9.17) is 0 Å². The van der Waals surface area contributed by atoms with Gasteiger partial charge in [0.25, 0.3) is 0 Å². The van der Waals surface area contributed by atoms with Crippen molar-refractivity contribution in [3.8, 4) is 0 Å².